The van der Waals surface area contributed by atoms with Crippen LogP contribution in [0.25, 0.3) is 11.5 Å². The molecule has 17 heavy (non-hydrogen) atoms. The molecule has 0 aliphatic rings. The summed E-state index contributed by atoms with van der Waals surface area (Å²) in [5.41, 5.74) is -2.37. The monoisotopic (exact) mass is 241 g/mol. The van der Waals surface area contributed by atoms with Crippen LogP contribution in [0.15, 0.2) is 22.0 Å². The van der Waals surface area contributed by atoms with Crippen LogP contribution in [-0.4, -0.2) is 24.9 Å². The van der Waals surface area contributed by atoms with Gasteiger partial charge in [0.2, 0.25) is 0 Å². The number of halogens is 2. The summed E-state index contributed by atoms with van der Waals surface area (Å²) >= 11 is 0. The first-order valence-electron chi connectivity index (χ1n) is 4.37. The molecule has 2 N–H and O–H groups in total. The lowest BCUT2D eigenvalue weighted by Gasteiger charge is -2.01. The number of aromatic amines is 2. The Morgan fingerprint density at radius 2 is 1.88 bits per heavy atom. The van der Waals surface area contributed by atoms with Crippen molar-refractivity contribution in [2.45, 2.75) is 6.43 Å². The third-order valence-electron chi connectivity index (χ3n) is 1.79. The van der Waals surface area contributed by atoms with E-state index in [1.165, 1.54) is 0 Å². The minimum absolute atomic E-state index is 0.106. The van der Waals surface area contributed by atoms with Crippen molar-refractivity contribution in [2.75, 3.05) is 0 Å². The second-order valence-electron chi connectivity index (χ2n) is 2.97. The van der Waals surface area contributed by atoms with Crippen LogP contribution in [-0.2, 0) is 0 Å². The van der Waals surface area contributed by atoms with Gasteiger partial charge in [-0.3, -0.25) is 15.0 Å². The molecule has 7 nitrogen and oxygen atoms in total. The topological polar surface area (TPSA) is 104 Å². The molecule has 2 aromatic rings. The zero-order chi connectivity index (χ0) is 12.4. The van der Waals surface area contributed by atoms with Gasteiger partial charge in [-0.25, -0.2) is 23.4 Å². The van der Waals surface area contributed by atoms with Crippen LogP contribution in [0.2, 0.25) is 0 Å². The van der Waals surface area contributed by atoms with Crippen molar-refractivity contribution in [1.82, 2.24) is 24.9 Å². The summed E-state index contributed by atoms with van der Waals surface area (Å²) in [7, 11) is 0. The molecular formula is C8H5F2N5O2. The molecule has 0 fully saturated rings. The van der Waals surface area contributed by atoms with Gasteiger partial charge in [-0.1, -0.05) is 0 Å². The number of H-pyrrole nitrogens is 2. The molecule has 0 saturated carbocycles. The Hall–Kier alpha value is -2.45. The van der Waals surface area contributed by atoms with E-state index in [2.05, 4.69) is 19.9 Å². The van der Waals surface area contributed by atoms with E-state index in [1.54, 1.807) is 0 Å². The van der Waals surface area contributed by atoms with Gasteiger partial charge >= 0.3 is 11.4 Å². The van der Waals surface area contributed by atoms with E-state index in [0.29, 0.717) is 0 Å². The Kier molecular flexibility index (Phi) is 2.73. The normalized spacial score (nSPS) is 10.8. The van der Waals surface area contributed by atoms with Gasteiger partial charge in [-0.05, 0) is 0 Å². The van der Waals surface area contributed by atoms with Crippen LogP contribution in [0.3, 0.4) is 0 Å². The van der Waals surface area contributed by atoms with Gasteiger partial charge in [0.15, 0.2) is 5.82 Å². The van der Waals surface area contributed by atoms with Gasteiger partial charge < -0.3 is 0 Å². The maximum absolute atomic E-state index is 12.4. The van der Waals surface area contributed by atoms with Crippen molar-refractivity contribution in [2.24, 2.45) is 0 Å². The van der Waals surface area contributed by atoms with Crippen molar-refractivity contribution in [3.63, 3.8) is 0 Å². The predicted molar refractivity (Wildman–Crippen MR) is 51.5 cm³/mol. The molecular weight excluding hydrogens is 236 g/mol. The lowest BCUT2D eigenvalue weighted by molar-refractivity contribution is 0.145. The minimum atomic E-state index is -2.80. The molecule has 2 heterocycles. The van der Waals surface area contributed by atoms with E-state index >= 15 is 0 Å². The molecule has 0 radical (unpaired) electrons. The second-order valence-corrected chi connectivity index (χ2v) is 2.97. The Morgan fingerprint density at radius 1 is 1.12 bits per heavy atom. The summed E-state index contributed by atoms with van der Waals surface area (Å²) < 4.78 is 24.7. The quantitative estimate of drug-likeness (QED) is 0.760. The third-order valence-corrected chi connectivity index (χ3v) is 1.79. The molecule has 88 valence electrons. The molecule has 0 aliphatic carbocycles. The van der Waals surface area contributed by atoms with Crippen LogP contribution in [0.5, 0.6) is 0 Å². The van der Waals surface area contributed by atoms with E-state index in [9.17, 15) is 18.4 Å². The molecule has 0 aliphatic heterocycles. The molecule has 0 amide bonds. The highest BCUT2D eigenvalue weighted by Crippen LogP contribution is 2.17. The third kappa shape index (κ3) is 2.38. The highest BCUT2D eigenvalue weighted by atomic mass is 19.3. The van der Waals surface area contributed by atoms with E-state index in [-0.39, 0.29) is 11.5 Å². The van der Waals surface area contributed by atoms with Crippen molar-refractivity contribution in [3.8, 4) is 11.5 Å². The van der Waals surface area contributed by atoms with Crippen LogP contribution < -0.4 is 11.4 Å². The standard InChI is InChI=1S/C8H5F2N5O2/c9-5(10)3-1-11-2-4(12-3)6-13-7(16)15-8(17)14-6/h1-2,5H,(H2,13,14,15,16,17). The highest BCUT2D eigenvalue weighted by molar-refractivity contribution is 5.46. The second kappa shape index (κ2) is 4.20. The zero-order valence-corrected chi connectivity index (χ0v) is 8.15. The van der Waals surface area contributed by atoms with E-state index in [4.69, 9.17) is 0 Å². The first-order chi connectivity index (χ1) is 8.06. The fraction of sp³-hybridized carbons (Fsp3) is 0.125. The summed E-state index contributed by atoms with van der Waals surface area (Å²) in [5, 5.41) is 0. The van der Waals surface area contributed by atoms with Crippen molar-refractivity contribution in [1.29, 1.82) is 0 Å². The summed E-state index contributed by atoms with van der Waals surface area (Å²) in [4.78, 5) is 36.3. The predicted octanol–water partition coefficient (Wildman–Crippen LogP) is -0.147. The Labute approximate surface area is 91.6 Å². The molecule has 0 bridgehead atoms. The van der Waals surface area contributed by atoms with Crippen molar-refractivity contribution < 1.29 is 8.78 Å². The fourth-order valence-electron chi connectivity index (χ4n) is 1.11. The summed E-state index contributed by atoms with van der Waals surface area (Å²) in [6.07, 6.45) is -0.792. The molecule has 2 rings (SSSR count). The molecule has 0 atom stereocenters. The van der Waals surface area contributed by atoms with Crippen LogP contribution >= 0.6 is 0 Å². The first-order valence-corrected chi connectivity index (χ1v) is 4.37. The zero-order valence-electron chi connectivity index (χ0n) is 8.15. The van der Waals surface area contributed by atoms with E-state index < -0.39 is 23.5 Å². The first kappa shape index (κ1) is 11.0. The van der Waals surface area contributed by atoms with Gasteiger partial charge in [0.1, 0.15) is 11.4 Å². The average Bonchev–Trinajstić information content (AvgIpc) is 2.28. The van der Waals surface area contributed by atoms with Crippen LogP contribution in [0.1, 0.15) is 12.1 Å². The molecule has 0 spiro atoms. The Bertz CT molecular complexity index is 622. The molecule has 0 saturated heterocycles. The largest absolute Gasteiger partial charge is 0.351 e. The van der Waals surface area contributed by atoms with Crippen LogP contribution in [0.4, 0.5) is 8.78 Å². The van der Waals surface area contributed by atoms with Crippen molar-refractivity contribution in [3.05, 3.63) is 39.1 Å². The minimum Gasteiger partial charge on any atom is -0.290 e. The number of hydrogen-bond donors (Lipinski definition) is 2. The van der Waals surface area contributed by atoms with Crippen LogP contribution in [0, 0.1) is 0 Å². The van der Waals surface area contributed by atoms with Crippen molar-refractivity contribution >= 4 is 0 Å². The molecule has 9 heteroatoms. The van der Waals surface area contributed by atoms with E-state index in [1.807, 2.05) is 4.98 Å². The maximum Gasteiger partial charge on any atom is 0.351 e. The number of nitrogens with zero attached hydrogens (tertiary/aromatic N) is 3. The maximum atomic E-state index is 12.4. The lowest BCUT2D eigenvalue weighted by Crippen LogP contribution is -2.25. The van der Waals surface area contributed by atoms with Gasteiger partial charge in [0.25, 0.3) is 6.43 Å². The van der Waals surface area contributed by atoms with E-state index in [0.717, 1.165) is 12.4 Å². The molecule has 0 aromatic carbocycles. The Balaban J connectivity index is 2.56. The smallest absolute Gasteiger partial charge is 0.290 e. The number of aromatic nitrogens is 5. The number of nitrogens with one attached hydrogen (secondary N) is 2. The molecule has 0 unspecified atom stereocenters. The SMILES string of the molecule is O=c1nc(-c2cncc(C(F)F)n2)[nH]c(=O)[nH]1. The summed E-state index contributed by atoms with van der Waals surface area (Å²) in [5.74, 6) is -0.214. The molecule has 2 aromatic heterocycles. The highest BCUT2D eigenvalue weighted by Gasteiger charge is 2.12. The Morgan fingerprint density at radius 3 is 2.53 bits per heavy atom. The summed E-state index contributed by atoms with van der Waals surface area (Å²) in [6, 6.07) is 0. The lowest BCUT2D eigenvalue weighted by atomic mass is 10.4. The number of hydrogen-bond acceptors (Lipinski definition) is 5. The van der Waals surface area contributed by atoms with Gasteiger partial charge in [0.05, 0.1) is 12.4 Å². The fourth-order valence-corrected chi connectivity index (χ4v) is 1.11. The number of rotatable bonds is 2. The van der Waals surface area contributed by atoms with Gasteiger partial charge in [-0.2, -0.15) is 4.98 Å². The number of alkyl halides is 2. The summed E-state index contributed by atoms with van der Waals surface area (Å²) in [6.45, 7) is 0. The average molecular weight is 241 g/mol. The van der Waals surface area contributed by atoms with Gasteiger partial charge in [0, 0.05) is 0 Å². The van der Waals surface area contributed by atoms with Gasteiger partial charge in [-0.15, -0.1) is 0 Å².